The van der Waals surface area contributed by atoms with Crippen LogP contribution in [0.2, 0.25) is 0 Å². The smallest absolute Gasteiger partial charge is 0.250 e. The Labute approximate surface area is 183 Å². The molecule has 3 N–H and O–H groups in total. The number of hydrogen-bond donors (Lipinski definition) is 2. The molecule has 9 nitrogen and oxygen atoms in total. The zero-order chi connectivity index (χ0) is 21.5. The molecule has 0 unspecified atom stereocenters. The minimum atomic E-state index is -0.465. The lowest BCUT2D eigenvalue weighted by atomic mass is 10.2. The SMILES string of the molecule is CC(C)n1cc(C(N)=O)c2cnc(Nc3ccnc(-c4cnn(SC5CC5)c4)n3)cc21. The number of carbonyl (C=O) groups excluding carboxylic acids is 1. The summed E-state index contributed by atoms with van der Waals surface area (Å²) in [5.41, 5.74) is 7.75. The highest BCUT2D eigenvalue weighted by molar-refractivity contribution is 7.98. The van der Waals surface area contributed by atoms with E-state index in [0.717, 1.165) is 16.5 Å². The number of anilines is 2. The van der Waals surface area contributed by atoms with Crippen LogP contribution in [-0.2, 0) is 0 Å². The fraction of sp³-hybridized carbons (Fsp3) is 0.286. The summed E-state index contributed by atoms with van der Waals surface area (Å²) in [7, 11) is 0. The first-order valence-electron chi connectivity index (χ1n) is 10.1. The largest absolute Gasteiger partial charge is 0.366 e. The van der Waals surface area contributed by atoms with Crippen molar-refractivity contribution in [2.24, 2.45) is 5.73 Å². The molecule has 5 rings (SSSR count). The molecule has 4 aromatic rings. The van der Waals surface area contributed by atoms with Crippen LogP contribution >= 0.6 is 11.9 Å². The van der Waals surface area contributed by atoms with Crippen molar-refractivity contribution in [1.82, 2.24) is 28.7 Å². The summed E-state index contributed by atoms with van der Waals surface area (Å²) in [6.45, 7) is 4.10. The van der Waals surface area contributed by atoms with Crippen molar-refractivity contribution >= 4 is 40.4 Å². The highest BCUT2D eigenvalue weighted by Gasteiger charge is 2.23. The zero-order valence-corrected chi connectivity index (χ0v) is 18.0. The van der Waals surface area contributed by atoms with Gasteiger partial charge >= 0.3 is 0 Å². The van der Waals surface area contributed by atoms with Gasteiger partial charge in [0.15, 0.2) is 5.82 Å². The van der Waals surface area contributed by atoms with Crippen molar-refractivity contribution in [1.29, 1.82) is 0 Å². The van der Waals surface area contributed by atoms with E-state index in [0.29, 0.717) is 28.3 Å². The van der Waals surface area contributed by atoms with Crippen molar-refractivity contribution in [2.45, 2.75) is 38.0 Å². The van der Waals surface area contributed by atoms with Gasteiger partial charge in [0.1, 0.15) is 11.6 Å². The summed E-state index contributed by atoms with van der Waals surface area (Å²) in [5, 5.41) is 9.03. The second-order valence-electron chi connectivity index (χ2n) is 7.82. The van der Waals surface area contributed by atoms with Gasteiger partial charge in [0.2, 0.25) is 0 Å². The Morgan fingerprint density at radius 1 is 1.23 bits per heavy atom. The first kappa shape index (κ1) is 19.6. The van der Waals surface area contributed by atoms with Crippen molar-refractivity contribution in [3.05, 3.63) is 48.7 Å². The molecule has 158 valence electrons. The van der Waals surface area contributed by atoms with E-state index in [1.807, 2.05) is 20.9 Å². The van der Waals surface area contributed by atoms with E-state index < -0.39 is 5.91 Å². The maximum Gasteiger partial charge on any atom is 0.250 e. The minimum absolute atomic E-state index is 0.168. The predicted molar refractivity (Wildman–Crippen MR) is 121 cm³/mol. The first-order valence-corrected chi connectivity index (χ1v) is 10.9. The maximum absolute atomic E-state index is 11.8. The van der Waals surface area contributed by atoms with Crippen LogP contribution in [-0.4, -0.2) is 39.9 Å². The number of hydrogen-bond acceptors (Lipinski definition) is 7. The Morgan fingerprint density at radius 2 is 2.06 bits per heavy atom. The average molecular weight is 435 g/mol. The molecule has 1 fully saturated rings. The van der Waals surface area contributed by atoms with Gasteiger partial charge in [-0.25, -0.2) is 19.0 Å². The molecule has 4 aromatic heterocycles. The second kappa shape index (κ2) is 7.69. The molecule has 1 aliphatic rings. The van der Waals surface area contributed by atoms with Gasteiger partial charge in [-0.1, -0.05) is 0 Å². The van der Waals surface area contributed by atoms with Gasteiger partial charge in [-0.05, 0) is 44.7 Å². The average Bonchev–Trinajstić information content (AvgIpc) is 3.28. The molecule has 10 heteroatoms. The molecule has 0 aliphatic heterocycles. The highest BCUT2D eigenvalue weighted by atomic mass is 32.2. The number of rotatable bonds is 7. The summed E-state index contributed by atoms with van der Waals surface area (Å²) >= 11 is 1.73. The van der Waals surface area contributed by atoms with Gasteiger partial charge in [0.05, 0.1) is 22.8 Å². The van der Waals surface area contributed by atoms with Gasteiger partial charge < -0.3 is 15.6 Å². The van der Waals surface area contributed by atoms with Crippen LogP contribution < -0.4 is 11.1 Å². The summed E-state index contributed by atoms with van der Waals surface area (Å²) in [5.74, 6) is 1.37. The molecule has 31 heavy (non-hydrogen) atoms. The van der Waals surface area contributed by atoms with Gasteiger partial charge in [-0.2, -0.15) is 5.10 Å². The zero-order valence-electron chi connectivity index (χ0n) is 17.2. The van der Waals surface area contributed by atoms with Crippen molar-refractivity contribution < 1.29 is 4.79 Å². The number of fused-ring (bicyclic) bond motifs is 1. The van der Waals surface area contributed by atoms with E-state index in [9.17, 15) is 4.79 Å². The number of primary amides is 1. The van der Waals surface area contributed by atoms with E-state index in [1.165, 1.54) is 12.8 Å². The molecule has 0 saturated heterocycles. The normalized spacial score (nSPS) is 13.8. The Bertz CT molecular complexity index is 1270. The molecule has 0 bridgehead atoms. The van der Waals surface area contributed by atoms with Gasteiger partial charge in [0, 0.05) is 47.5 Å². The lowest BCUT2D eigenvalue weighted by Gasteiger charge is -2.10. The van der Waals surface area contributed by atoms with E-state index in [-0.39, 0.29) is 6.04 Å². The van der Waals surface area contributed by atoms with Crippen LogP contribution in [0.15, 0.2) is 43.1 Å². The molecule has 0 aromatic carbocycles. The molecular formula is C21H22N8OS. The number of pyridine rings is 1. The third kappa shape index (κ3) is 3.98. The van der Waals surface area contributed by atoms with E-state index >= 15 is 0 Å². The lowest BCUT2D eigenvalue weighted by Crippen LogP contribution is -2.10. The van der Waals surface area contributed by atoms with Crippen LogP contribution in [0, 0.1) is 0 Å². The number of nitrogens with two attached hydrogens (primary N) is 1. The van der Waals surface area contributed by atoms with Crippen LogP contribution in [0.4, 0.5) is 11.6 Å². The van der Waals surface area contributed by atoms with Gasteiger partial charge in [0.25, 0.3) is 5.91 Å². The molecule has 0 atom stereocenters. The molecule has 1 saturated carbocycles. The van der Waals surface area contributed by atoms with E-state index in [4.69, 9.17) is 5.73 Å². The number of carbonyl (C=O) groups is 1. The summed E-state index contributed by atoms with van der Waals surface area (Å²) in [6, 6.07) is 3.85. The lowest BCUT2D eigenvalue weighted by molar-refractivity contribution is 0.100. The van der Waals surface area contributed by atoms with Crippen LogP contribution in [0.1, 0.15) is 43.1 Å². The van der Waals surface area contributed by atoms with E-state index in [2.05, 4.69) is 39.2 Å². The number of nitrogens with one attached hydrogen (secondary N) is 1. The quantitative estimate of drug-likeness (QED) is 0.455. The molecule has 4 heterocycles. The predicted octanol–water partition coefficient (Wildman–Crippen LogP) is 3.77. The number of nitrogens with zero attached hydrogens (tertiary/aromatic N) is 6. The van der Waals surface area contributed by atoms with Crippen LogP contribution in [0.25, 0.3) is 22.3 Å². The maximum atomic E-state index is 11.8. The molecule has 0 radical (unpaired) electrons. The second-order valence-corrected chi connectivity index (χ2v) is 9.07. The molecule has 0 spiro atoms. The standard InChI is InChI=1S/C21H22N8OS/c1-12(2)28-11-16(20(22)30)15-9-24-19(7-17(15)28)26-18-5-6-23-21(27-18)13-8-25-29(10-13)31-14-3-4-14/h5-12,14H,3-4H2,1-2H3,(H2,22,30)(H,23,24,26,27). The Hall–Kier alpha value is -3.40. The topological polar surface area (TPSA) is 117 Å². The molecule has 1 amide bonds. The molecular weight excluding hydrogens is 412 g/mol. The summed E-state index contributed by atoms with van der Waals surface area (Å²) in [6.07, 6.45) is 11.4. The number of aromatic nitrogens is 6. The Morgan fingerprint density at radius 3 is 2.81 bits per heavy atom. The minimum Gasteiger partial charge on any atom is -0.366 e. The Kier molecular flexibility index (Phi) is 4.85. The summed E-state index contributed by atoms with van der Waals surface area (Å²) in [4.78, 5) is 25.2. The third-order valence-electron chi connectivity index (χ3n) is 5.05. The van der Waals surface area contributed by atoms with Gasteiger partial charge in [-0.15, -0.1) is 0 Å². The third-order valence-corrected chi connectivity index (χ3v) is 6.24. The molecule has 1 aliphatic carbocycles. The first-order chi connectivity index (χ1) is 15.0. The summed E-state index contributed by atoms with van der Waals surface area (Å²) < 4.78 is 3.89. The van der Waals surface area contributed by atoms with Crippen molar-refractivity contribution in [3.8, 4) is 11.4 Å². The fourth-order valence-corrected chi connectivity index (χ4v) is 4.27. The van der Waals surface area contributed by atoms with Crippen molar-refractivity contribution in [2.75, 3.05) is 5.32 Å². The van der Waals surface area contributed by atoms with E-state index in [1.54, 1.807) is 42.8 Å². The Balaban J connectivity index is 1.43. The van der Waals surface area contributed by atoms with Gasteiger partial charge in [-0.3, -0.25) is 4.79 Å². The number of amides is 1. The fourth-order valence-electron chi connectivity index (χ4n) is 3.34. The monoisotopic (exact) mass is 434 g/mol. The van der Waals surface area contributed by atoms with Crippen LogP contribution in [0.5, 0.6) is 0 Å². The van der Waals surface area contributed by atoms with Crippen LogP contribution in [0.3, 0.4) is 0 Å². The highest BCUT2D eigenvalue weighted by Crippen LogP contribution is 2.35. The van der Waals surface area contributed by atoms with Crippen molar-refractivity contribution in [3.63, 3.8) is 0 Å².